The van der Waals surface area contributed by atoms with Crippen LogP contribution in [0.3, 0.4) is 0 Å². The summed E-state index contributed by atoms with van der Waals surface area (Å²) >= 11 is 0. The second-order valence-corrected chi connectivity index (χ2v) is 8.31. The van der Waals surface area contributed by atoms with Crippen LogP contribution in [0.2, 0.25) is 0 Å². The lowest BCUT2D eigenvalue weighted by atomic mass is 9.98. The average molecular weight is 436 g/mol. The van der Waals surface area contributed by atoms with Crippen molar-refractivity contribution < 1.29 is 14.6 Å². The third-order valence-electron chi connectivity index (χ3n) is 6.19. The molecule has 0 heterocycles. The highest BCUT2D eigenvalue weighted by Crippen LogP contribution is 2.44. The number of phenols is 1. The molecule has 33 heavy (non-hydrogen) atoms. The SMILES string of the molecule is O=C(NC(Cc1cccc(O)c1)c1ccccc1)OCC1c2ccccc2-c2ccccc21. The van der Waals surface area contributed by atoms with Crippen molar-refractivity contribution >= 4 is 6.09 Å². The Labute approximate surface area is 193 Å². The van der Waals surface area contributed by atoms with Gasteiger partial charge in [0.05, 0.1) is 6.04 Å². The normalized spacial score (nSPS) is 13.1. The minimum Gasteiger partial charge on any atom is -0.508 e. The molecule has 4 aromatic rings. The minimum absolute atomic E-state index is 0.0180. The third-order valence-corrected chi connectivity index (χ3v) is 6.19. The standard InChI is InChI=1S/C29H25NO3/c31-22-12-8-9-20(17-22)18-28(21-10-2-1-3-11-21)30-29(32)33-19-27-25-15-6-4-13-23(25)24-14-5-7-16-26(24)27/h1-17,27-28,31H,18-19H2,(H,30,32). The molecule has 0 aliphatic heterocycles. The van der Waals surface area contributed by atoms with Gasteiger partial charge in [0.2, 0.25) is 0 Å². The van der Waals surface area contributed by atoms with Crippen LogP contribution in [0.15, 0.2) is 103 Å². The number of carbonyl (C=O) groups is 1. The Hall–Kier alpha value is -4.05. The molecule has 1 amide bonds. The quantitative estimate of drug-likeness (QED) is 0.378. The smallest absolute Gasteiger partial charge is 0.407 e. The maximum absolute atomic E-state index is 12.9. The highest BCUT2D eigenvalue weighted by molar-refractivity contribution is 5.79. The fraction of sp³-hybridized carbons (Fsp3) is 0.138. The number of amides is 1. The summed E-state index contributed by atoms with van der Waals surface area (Å²) in [6, 6.07) is 33.2. The average Bonchev–Trinajstić information content (AvgIpc) is 3.17. The van der Waals surface area contributed by atoms with Gasteiger partial charge < -0.3 is 15.2 Å². The van der Waals surface area contributed by atoms with E-state index in [1.807, 2.05) is 60.7 Å². The molecule has 164 valence electrons. The number of benzene rings is 4. The summed E-state index contributed by atoms with van der Waals surface area (Å²) in [6.07, 6.45) is 0.0914. The number of aromatic hydroxyl groups is 1. The third kappa shape index (κ3) is 4.46. The molecule has 4 nitrogen and oxygen atoms in total. The Bertz CT molecular complexity index is 1220. The van der Waals surface area contributed by atoms with Crippen LogP contribution >= 0.6 is 0 Å². The number of carbonyl (C=O) groups excluding carboxylic acids is 1. The Kier molecular flexibility index (Phi) is 5.81. The summed E-state index contributed by atoms with van der Waals surface area (Å²) in [5.74, 6) is 0.227. The number of hydrogen-bond acceptors (Lipinski definition) is 3. The van der Waals surface area contributed by atoms with Crippen molar-refractivity contribution in [2.75, 3.05) is 6.61 Å². The van der Waals surface area contributed by atoms with Crippen molar-refractivity contribution in [2.24, 2.45) is 0 Å². The number of ether oxygens (including phenoxy) is 1. The van der Waals surface area contributed by atoms with Crippen molar-refractivity contribution in [1.82, 2.24) is 5.32 Å². The first kappa shape index (κ1) is 20.8. The van der Waals surface area contributed by atoms with Crippen molar-refractivity contribution in [3.8, 4) is 16.9 Å². The van der Waals surface area contributed by atoms with E-state index in [-0.39, 0.29) is 24.3 Å². The fourth-order valence-electron chi connectivity index (χ4n) is 4.64. The second-order valence-electron chi connectivity index (χ2n) is 8.31. The van der Waals surface area contributed by atoms with Crippen molar-refractivity contribution in [2.45, 2.75) is 18.4 Å². The summed E-state index contributed by atoms with van der Waals surface area (Å²) in [5, 5.41) is 12.9. The monoisotopic (exact) mass is 435 g/mol. The van der Waals surface area contributed by atoms with Crippen LogP contribution in [0, 0.1) is 0 Å². The van der Waals surface area contributed by atoms with E-state index in [2.05, 4.69) is 29.6 Å². The summed E-state index contributed by atoms with van der Waals surface area (Å²) in [6.45, 7) is 0.271. The van der Waals surface area contributed by atoms with Gasteiger partial charge >= 0.3 is 6.09 Å². The lowest BCUT2D eigenvalue weighted by Gasteiger charge is -2.21. The van der Waals surface area contributed by atoms with E-state index in [0.29, 0.717) is 6.42 Å². The van der Waals surface area contributed by atoms with Crippen LogP contribution in [0.4, 0.5) is 4.79 Å². The van der Waals surface area contributed by atoms with Crippen LogP contribution < -0.4 is 5.32 Å². The molecule has 0 saturated heterocycles. The predicted octanol–water partition coefficient (Wildman–Crippen LogP) is 6.21. The van der Waals surface area contributed by atoms with E-state index in [1.165, 1.54) is 22.3 Å². The van der Waals surface area contributed by atoms with Gasteiger partial charge in [-0.2, -0.15) is 0 Å². The van der Waals surface area contributed by atoms with Gasteiger partial charge in [-0.25, -0.2) is 4.79 Å². The van der Waals surface area contributed by atoms with E-state index in [1.54, 1.807) is 18.2 Å². The first-order chi connectivity index (χ1) is 16.2. The Balaban J connectivity index is 1.32. The lowest BCUT2D eigenvalue weighted by Crippen LogP contribution is -2.31. The number of nitrogens with one attached hydrogen (secondary N) is 1. The summed E-state index contributed by atoms with van der Waals surface area (Å²) in [4.78, 5) is 12.9. The summed E-state index contributed by atoms with van der Waals surface area (Å²) in [7, 11) is 0. The van der Waals surface area contributed by atoms with E-state index in [9.17, 15) is 9.90 Å². The molecule has 0 saturated carbocycles. The van der Waals surface area contributed by atoms with Crippen molar-refractivity contribution in [3.05, 3.63) is 125 Å². The van der Waals surface area contributed by atoms with Crippen molar-refractivity contribution in [3.63, 3.8) is 0 Å². The molecule has 4 aromatic carbocycles. The number of rotatable bonds is 6. The molecule has 0 bridgehead atoms. The summed E-state index contributed by atoms with van der Waals surface area (Å²) < 4.78 is 5.75. The molecule has 1 aliphatic carbocycles. The number of fused-ring (bicyclic) bond motifs is 3. The second kappa shape index (κ2) is 9.21. The first-order valence-electron chi connectivity index (χ1n) is 11.1. The highest BCUT2D eigenvalue weighted by atomic mass is 16.5. The Morgan fingerprint density at radius 2 is 1.45 bits per heavy atom. The zero-order chi connectivity index (χ0) is 22.6. The van der Waals surface area contributed by atoms with E-state index < -0.39 is 6.09 Å². The molecule has 2 N–H and O–H groups in total. The Morgan fingerprint density at radius 1 is 0.818 bits per heavy atom. The van der Waals surface area contributed by atoms with Crippen LogP contribution in [0.5, 0.6) is 5.75 Å². The summed E-state index contributed by atoms with van der Waals surface area (Å²) in [5.41, 5.74) is 6.69. The van der Waals surface area contributed by atoms with E-state index in [0.717, 1.165) is 11.1 Å². The molecule has 1 aliphatic rings. The number of phenolic OH excluding ortho intramolecular Hbond substituents is 1. The predicted molar refractivity (Wildman–Crippen MR) is 129 cm³/mol. The molecule has 5 rings (SSSR count). The van der Waals surface area contributed by atoms with E-state index >= 15 is 0 Å². The molecule has 1 unspecified atom stereocenters. The fourth-order valence-corrected chi connectivity index (χ4v) is 4.64. The first-order valence-corrected chi connectivity index (χ1v) is 11.1. The molecule has 0 aromatic heterocycles. The van der Waals surface area contributed by atoms with Gasteiger partial charge in [-0.3, -0.25) is 0 Å². The van der Waals surface area contributed by atoms with Gasteiger partial charge in [-0.15, -0.1) is 0 Å². The zero-order valence-corrected chi connectivity index (χ0v) is 18.1. The molecule has 0 fully saturated rings. The lowest BCUT2D eigenvalue weighted by molar-refractivity contribution is 0.139. The molecule has 4 heteroatoms. The van der Waals surface area contributed by atoms with Gasteiger partial charge in [-0.1, -0.05) is 91.0 Å². The zero-order valence-electron chi connectivity index (χ0n) is 18.1. The molecule has 1 atom stereocenters. The van der Waals surface area contributed by atoms with Crippen LogP contribution in [0.1, 0.15) is 34.2 Å². The molecule has 0 radical (unpaired) electrons. The van der Waals surface area contributed by atoms with Gasteiger partial charge in [0.25, 0.3) is 0 Å². The largest absolute Gasteiger partial charge is 0.508 e. The molecular weight excluding hydrogens is 410 g/mol. The van der Waals surface area contributed by atoms with Gasteiger partial charge in [0.1, 0.15) is 12.4 Å². The Morgan fingerprint density at radius 3 is 2.12 bits per heavy atom. The van der Waals surface area contributed by atoms with Crippen molar-refractivity contribution in [1.29, 1.82) is 0 Å². The van der Waals surface area contributed by atoms with Crippen LogP contribution in [0.25, 0.3) is 11.1 Å². The van der Waals surface area contributed by atoms with Gasteiger partial charge in [0, 0.05) is 5.92 Å². The molecule has 0 spiro atoms. The van der Waals surface area contributed by atoms with Gasteiger partial charge in [-0.05, 0) is 51.9 Å². The minimum atomic E-state index is -0.453. The van der Waals surface area contributed by atoms with Gasteiger partial charge in [0.15, 0.2) is 0 Å². The van der Waals surface area contributed by atoms with Crippen LogP contribution in [-0.4, -0.2) is 17.8 Å². The number of hydrogen-bond donors (Lipinski definition) is 2. The molecular formula is C29H25NO3. The topological polar surface area (TPSA) is 58.6 Å². The highest BCUT2D eigenvalue weighted by Gasteiger charge is 2.29. The maximum atomic E-state index is 12.9. The van der Waals surface area contributed by atoms with Crippen LogP contribution in [-0.2, 0) is 11.2 Å². The van der Waals surface area contributed by atoms with E-state index in [4.69, 9.17) is 4.74 Å². The number of alkyl carbamates (subject to hydrolysis) is 1. The maximum Gasteiger partial charge on any atom is 0.407 e.